The molecule has 0 unspecified atom stereocenters. The van der Waals surface area contributed by atoms with Crippen LogP contribution in [0.2, 0.25) is 0 Å². The molecule has 0 atom stereocenters. The fourth-order valence-electron chi connectivity index (χ4n) is 0.671. The predicted molar refractivity (Wildman–Crippen MR) is 91.8 cm³/mol. The minimum atomic E-state index is -2.90. The topological polar surface area (TPSA) is 120 Å². The van der Waals surface area contributed by atoms with E-state index in [-0.39, 0.29) is 17.4 Å². The van der Waals surface area contributed by atoms with Gasteiger partial charge in [0.2, 0.25) is 0 Å². The first kappa shape index (κ1) is 30.9. The van der Waals surface area contributed by atoms with E-state index in [1.807, 2.05) is 0 Å². The maximum atomic E-state index is 10.4. The maximum absolute atomic E-state index is 10.4. The molecule has 0 rings (SSSR count). The van der Waals surface area contributed by atoms with Crippen molar-refractivity contribution in [1.82, 2.24) is 0 Å². The van der Waals surface area contributed by atoms with Crippen molar-refractivity contribution < 1.29 is 28.4 Å². The zero-order valence-corrected chi connectivity index (χ0v) is 18.4. The van der Waals surface area contributed by atoms with Gasteiger partial charge in [-0.25, -0.2) is 0 Å². The van der Waals surface area contributed by atoms with Gasteiger partial charge in [-0.15, -0.1) is 0 Å². The fraction of sp³-hybridized carbons (Fsp3) is 1.00. The van der Waals surface area contributed by atoms with Gasteiger partial charge in [0.05, 0.1) is 0 Å². The molecule has 0 heterocycles. The predicted octanol–water partition coefficient (Wildman–Crippen LogP) is 1.61. The van der Waals surface area contributed by atoms with Crippen molar-refractivity contribution in [2.75, 3.05) is 37.0 Å². The Morgan fingerprint density at radius 2 is 0.591 bits per heavy atom. The van der Waals surface area contributed by atoms with Crippen molar-refractivity contribution in [3.63, 3.8) is 0 Å². The summed E-state index contributed by atoms with van der Waals surface area (Å²) >= 11 is 0. The van der Waals surface area contributed by atoms with Crippen LogP contribution < -0.4 is 14.7 Å². The first-order valence-corrected chi connectivity index (χ1v) is 13.2. The van der Waals surface area contributed by atoms with Gasteiger partial charge in [-0.1, -0.05) is 41.5 Å². The molecular weight excluding hydrogens is 360 g/mol. The van der Waals surface area contributed by atoms with Gasteiger partial charge in [0.25, 0.3) is 0 Å². The van der Waals surface area contributed by atoms with Crippen LogP contribution >= 0.6 is 22.1 Å². The van der Waals surface area contributed by atoms with E-state index in [2.05, 4.69) is 0 Å². The van der Waals surface area contributed by atoms with E-state index in [0.29, 0.717) is 37.0 Å². The van der Waals surface area contributed by atoms with E-state index in [1.165, 1.54) is 0 Å². The third kappa shape index (κ3) is 23.4. The van der Waals surface area contributed by atoms with Crippen LogP contribution in [0.25, 0.3) is 0 Å². The maximum Gasteiger partial charge on any atom is 3.00 e. The van der Waals surface area contributed by atoms with Gasteiger partial charge in [0.1, 0.15) is 0 Å². The Hall–Kier alpha value is 1.10. The SMILES string of the molecule is CCP(=O)([O-])CC.CCP(=O)([O-])CC.CCP(=O)([O-])CC.[Al+3]. The van der Waals surface area contributed by atoms with Crippen LogP contribution in [0.5, 0.6) is 0 Å². The summed E-state index contributed by atoms with van der Waals surface area (Å²) in [5, 5.41) is 0. The van der Waals surface area contributed by atoms with E-state index in [4.69, 9.17) is 0 Å². The molecule has 0 fully saturated rings. The molecule has 132 valence electrons. The van der Waals surface area contributed by atoms with E-state index < -0.39 is 22.1 Å². The number of hydrogen-bond donors (Lipinski definition) is 0. The summed E-state index contributed by atoms with van der Waals surface area (Å²) in [6, 6.07) is 0. The van der Waals surface area contributed by atoms with Gasteiger partial charge in [-0.2, -0.15) is 0 Å². The number of hydrogen-bond acceptors (Lipinski definition) is 6. The molecular formula is C12H30AlO6P3. The first-order chi connectivity index (χ1) is 9.36. The van der Waals surface area contributed by atoms with Gasteiger partial charge in [-0.3, -0.25) is 0 Å². The monoisotopic (exact) mass is 390 g/mol. The van der Waals surface area contributed by atoms with Crippen LogP contribution in [-0.4, -0.2) is 54.3 Å². The molecule has 10 heteroatoms. The smallest absolute Gasteiger partial charge is 0.799 e. The van der Waals surface area contributed by atoms with Crippen molar-refractivity contribution in [3.8, 4) is 0 Å². The van der Waals surface area contributed by atoms with E-state index in [1.54, 1.807) is 41.5 Å². The fourth-order valence-corrected chi connectivity index (χ4v) is 2.01. The summed E-state index contributed by atoms with van der Waals surface area (Å²) in [5.74, 6) is 0. The normalized spacial score (nSPS) is 11.3. The van der Waals surface area contributed by atoms with E-state index >= 15 is 0 Å². The second kappa shape index (κ2) is 15.6. The van der Waals surface area contributed by atoms with Crippen LogP contribution in [0, 0.1) is 0 Å². The van der Waals surface area contributed by atoms with Crippen molar-refractivity contribution in [2.45, 2.75) is 41.5 Å². The van der Waals surface area contributed by atoms with Crippen LogP contribution in [0.15, 0.2) is 0 Å². The molecule has 0 aliphatic heterocycles. The van der Waals surface area contributed by atoms with E-state index in [9.17, 15) is 28.4 Å². The Labute approximate surface area is 146 Å². The second-order valence-electron chi connectivity index (χ2n) is 4.34. The largest absolute Gasteiger partial charge is 3.00 e. The Bertz CT molecular complexity index is 308. The molecule has 0 aromatic rings. The molecule has 0 radical (unpaired) electrons. The first-order valence-electron chi connectivity index (χ1n) is 7.24. The molecule has 0 spiro atoms. The minimum Gasteiger partial charge on any atom is -0.799 e. The van der Waals surface area contributed by atoms with Crippen molar-refractivity contribution >= 4 is 39.5 Å². The van der Waals surface area contributed by atoms with Gasteiger partial charge >= 0.3 is 17.4 Å². The van der Waals surface area contributed by atoms with Crippen LogP contribution in [-0.2, 0) is 13.7 Å². The standard InChI is InChI=1S/3C4H11O2P.Al/c3*1-3-7(5,6)4-2;/h3*3-4H2,1-2H3,(H,5,6);/q;;;+3/p-3. The average molecular weight is 390 g/mol. The molecule has 6 nitrogen and oxygen atoms in total. The Morgan fingerprint density at radius 3 is 0.591 bits per heavy atom. The van der Waals surface area contributed by atoms with Crippen molar-refractivity contribution in [3.05, 3.63) is 0 Å². The molecule has 0 aliphatic rings. The summed E-state index contributed by atoms with van der Waals surface area (Å²) in [6.07, 6.45) is 1.77. The molecule has 0 saturated carbocycles. The molecule has 0 aromatic carbocycles. The van der Waals surface area contributed by atoms with Gasteiger partial charge in [-0.05, 0) is 37.0 Å². The van der Waals surface area contributed by atoms with Crippen LogP contribution in [0.4, 0.5) is 0 Å². The van der Waals surface area contributed by atoms with E-state index in [0.717, 1.165) is 0 Å². The van der Waals surface area contributed by atoms with Crippen molar-refractivity contribution in [2.24, 2.45) is 0 Å². The summed E-state index contributed by atoms with van der Waals surface area (Å²) < 4.78 is 31.2. The minimum absolute atomic E-state index is 0. The Morgan fingerprint density at radius 1 is 0.500 bits per heavy atom. The molecule has 0 bridgehead atoms. The van der Waals surface area contributed by atoms with Crippen LogP contribution in [0.1, 0.15) is 41.5 Å². The summed E-state index contributed by atoms with van der Waals surface area (Å²) in [6.45, 7) is 9.98. The molecule has 0 saturated heterocycles. The summed E-state index contributed by atoms with van der Waals surface area (Å²) in [5.41, 5.74) is 0. The molecule has 0 amide bonds. The third-order valence-corrected chi connectivity index (χ3v) is 8.67. The quantitative estimate of drug-likeness (QED) is 0.502. The Kier molecular flexibility index (Phi) is 22.0. The molecule has 22 heavy (non-hydrogen) atoms. The molecule has 0 N–H and O–H groups in total. The summed E-state index contributed by atoms with van der Waals surface area (Å²) in [4.78, 5) is 31.2. The molecule has 0 aromatic heterocycles. The van der Waals surface area contributed by atoms with Crippen LogP contribution in [0.3, 0.4) is 0 Å². The van der Waals surface area contributed by atoms with Gasteiger partial charge in [0, 0.05) is 22.1 Å². The molecule has 0 aliphatic carbocycles. The Balaban J connectivity index is -0.000000108. The second-order valence-corrected chi connectivity index (χ2v) is 13.0. The zero-order chi connectivity index (χ0) is 17.7. The summed E-state index contributed by atoms with van der Waals surface area (Å²) in [7, 11) is -8.71. The number of rotatable bonds is 6. The van der Waals surface area contributed by atoms with Gasteiger partial charge in [0.15, 0.2) is 0 Å². The zero-order valence-electron chi connectivity index (χ0n) is 14.6. The third-order valence-electron chi connectivity index (χ3n) is 2.89. The van der Waals surface area contributed by atoms with Crippen molar-refractivity contribution in [1.29, 1.82) is 0 Å². The van der Waals surface area contributed by atoms with Gasteiger partial charge < -0.3 is 28.4 Å². The average Bonchev–Trinajstić information content (AvgIpc) is 2.48.